The summed E-state index contributed by atoms with van der Waals surface area (Å²) in [5, 5.41) is 3.33. The molecule has 0 radical (unpaired) electrons. The summed E-state index contributed by atoms with van der Waals surface area (Å²) in [6.07, 6.45) is 0. The lowest BCUT2D eigenvalue weighted by atomic mass is 10.1. The minimum absolute atomic E-state index is 0.585. The summed E-state index contributed by atoms with van der Waals surface area (Å²) in [6.45, 7) is 6.65. The largest absolute Gasteiger partial charge is 0.488 e. The maximum absolute atomic E-state index is 5.87. The fraction of sp³-hybridized carbons (Fsp3) is 0.294. The molecule has 0 spiro atoms. The van der Waals surface area contributed by atoms with Crippen LogP contribution in [0.1, 0.15) is 23.6 Å². The van der Waals surface area contributed by atoms with Gasteiger partial charge in [-0.15, -0.1) is 0 Å². The zero-order valence-corrected chi connectivity index (χ0v) is 13.5. The van der Waals surface area contributed by atoms with E-state index in [-0.39, 0.29) is 0 Å². The summed E-state index contributed by atoms with van der Waals surface area (Å²) in [5.41, 5.74) is 3.70. The lowest BCUT2D eigenvalue weighted by molar-refractivity contribution is 0.304. The van der Waals surface area contributed by atoms with Crippen molar-refractivity contribution in [1.82, 2.24) is 5.32 Å². The summed E-state index contributed by atoms with van der Waals surface area (Å²) >= 11 is 3.53. The molecule has 0 aromatic heterocycles. The monoisotopic (exact) mass is 333 g/mol. The Labute approximate surface area is 129 Å². The van der Waals surface area contributed by atoms with Gasteiger partial charge in [0.1, 0.15) is 12.4 Å². The maximum atomic E-state index is 5.87. The molecular weight excluding hydrogens is 314 g/mol. The van der Waals surface area contributed by atoms with Crippen molar-refractivity contribution in [2.75, 3.05) is 6.54 Å². The first-order valence-corrected chi connectivity index (χ1v) is 7.66. The quantitative estimate of drug-likeness (QED) is 0.843. The predicted octanol–water partition coefficient (Wildman–Crippen LogP) is 4.45. The molecule has 2 nitrogen and oxygen atoms in total. The highest BCUT2D eigenvalue weighted by molar-refractivity contribution is 9.10. The molecule has 0 unspecified atom stereocenters. The molecule has 0 aliphatic rings. The average Bonchev–Trinajstić information content (AvgIpc) is 2.45. The molecule has 2 rings (SSSR count). The van der Waals surface area contributed by atoms with E-state index in [4.69, 9.17) is 4.74 Å². The van der Waals surface area contributed by atoms with Crippen LogP contribution in [0.25, 0.3) is 0 Å². The van der Waals surface area contributed by atoms with Crippen molar-refractivity contribution in [2.45, 2.75) is 27.0 Å². The summed E-state index contributed by atoms with van der Waals surface area (Å²) in [5.74, 6) is 0.882. The van der Waals surface area contributed by atoms with E-state index in [0.29, 0.717) is 6.61 Å². The van der Waals surface area contributed by atoms with Crippen LogP contribution < -0.4 is 10.1 Å². The first kappa shape index (κ1) is 15.1. The van der Waals surface area contributed by atoms with Gasteiger partial charge in [-0.25, -0.2) is 0 Å². The summed E-state index contributed by atoms with van der Waals surface area (Å²) in [6, 6.07) is 14.6. The van der Waals surface area contributed by atoms with E-state index >= 15 is 0 Å². The van der Waals surface area contributed by atoms with Crippen LogP contribution in [-0.2, 0) is 13.2 Å². The number of benzene rings is 2. The van der Waals surface area contributed by atoms with Crippen molar-refractivity contribution in [2.24, 2.45) is 0 Å². The fourth-order valence-electron chi connectivity index (χ4n) is 1.98. The van der Waals surface area contributed by atoms with E-state index in [1.807, 2.05) is 6.07 Å². The zero-order valence-electron chi connectivity index (χ0n) is 11.9. The number of nitrogens with one attached hydrogen (secondary N) is 1. The molecule has 0 saturated carbocycles. The molecule has 0 saturated heterocycles. The van der Waals surface area contributed by atoms with E-state index < -0.39 is 0 Å². The number of hydrogen-bond donors (Lipinski definition) is 1. The molecule has 0 bridgehead atoms. The molecule has 0 aliphatic heterocycles. The highest BCUT2D eigenvalue weighted by Gasteiger charge is 2.02. The Kier molecular flexibility index (Phi) is 5.62. The number of ether oxygens (including phenoxy) is 1. The van der Waals surface area contributed by atoms with Crippen LogP contribution in [0.15, 0.2) is 46.9 Å². The lowest BCUT2D eigenvalue weighted by Gasteiger charge is -2.10. The Balaban J connectivity index is 1.99. The maximum Gasteiger partial charge on any atom is 0.134 e. The molecule has 2 aromatic rings. The highest BCUT2D eigenvalue weighted by atomic mass is 79.9. The molecule has 1 N–H and O–H groups in total. The molecule has 0 amide bonds. The Hall–Kier alpha value is -1.32. The first-order valence-electron chi connectivity index (χ1n) is 6.86. The SMILES string of the molecule is CCNCc1cccc(COc2ccc(C)cc2Br)c1. The van der Waals surface area contributed by atoms with Gasteiger partial charge >= 0.3 is 0 Å². The molecule has 3 heteroatoms. The van der Waals surface area contributed by atoms with Gasteiger partial charge in [0.15, 0.2) is 0 Å². The second-order valence-electron chi connectivity index (χ2n) is 4.82. The van der Waals surface area contributed by atoms with Crippen LogP contribution >= 0.6 is 15.9 Å². The van der Waals surface area contributed by atoms with Crippen LogP contribution in [0.5, 0.6) is 5.75 Å². The van der Waals surface area contributed by atoms with Gasteiger partial charge < -0.3 is 10.1 Å². The fourth-order valence-corrected chi connectivity index (χ4v) is 2.59. The van der Waals surface area contributed by atoms with Gasteiger partial charge in [-0.2, -0.15) is 0 Å². The van der Waals surface area contributed by atoms with Crippen molar-refractivity contribution in [3.8, 4) is 5.75 Å². The second kappa shape index (κ2) is 7.46. The lowest BCUT2D eigenvalue weighted by Crippen LogP contribution is -2.11. The zero-order chi connectivity index (χ0) is 14.4. The van der Waals surface area contributed by atoms with Gasteiger partial charge in [0.25, 0.3) is 0 Å². The minimum Gasteiger partial charge on any atom is -0.488 e. The topological polar surface area (TPSA) is 21.3 Å². The standard InChI is InChI=1S/C17H20BrNO/c1-3-19-11-14-5-4-6-15(10-14)12-20-17-8-7-13(2)9-16(17)18/h4-10,19H,3,11-12H2,1-2H3. The highest BCUT2D eigenvalue weighted by Crippen LogP contribution is 2.26. The van der Waals surface area contributed by atoms with Crippen LogP contribution in [-0.4, -0.2) is 6.54 Å². The molecule has 0 atom stereocenters. The molecule has 20 heavy (non-hydrogen) atoms. The number of rotatable bonds is 6. The molecule has 0 aliphatic carbocycles. The van der Waals surface area contributed by atoms with Crippen LogP contribution in [0.3, 0.4) is 0 Å². The summed E-state index contributed by atoms with van der Waals surface area (Å²) in [7, 11) is 0. The molecule has 2 aromatic carbocycles. The minimum atomic E-state index is 0.585. The third kappa shape index (κ3) is 4.36. The Bertz CT molecular complexity index is 569. The summed E-state index contributed by atoms with van der Waals surface area (Å²) < 4.78 is 6.87. The van der Waals surface area contributed by atoms with Gasteiger partial charge in [-0.05, 0) is 58.2 Å². The van der Waals surface area contributed by atoms with Crippen molar-refractivity contribution < 1.29 is 4.74 Å². The van der Waals surface area contributed by atoms with Crippen LogP contribution in [0.4, 0.5) is 0 Å². The van der Waals surface area contributed by atoms with E-state index in [0.717, 1.165) is 23.3 Å². The van der Waals surface area contributed by atoms with E-state index in [1.165, 1.54) is 16.7 Å². The van der Waals surface area contributed by atoms with Crippen molar-refractivity contribution >= 4 is 15.9 Å². The Morgan fingerprint density at radius 3 is 2.65 bits per heavy atom. The third-order valence-electron chi connectivity index (χ3n) is 3.05. The van der Waals surface area contributed by atoms with E-state index in [1.54, 1.807) is 0 Å². The van der Waals surface area contributed by atoms with Crippen molar-refractivity contribution in [3.05, 3.63) is 63.6 Å². The van der Waals surface area contributed by atoms with Crippen molar-refractivity contribution in [3.63, 3.8) is 0 Å². The van der Waals surface area contributed by atoms with Crippen LogP contribution in [0, 0.1) is 6.92 Å². The van der Waals surface area contributed by atoms with E-state index in [2.05, 4.69) is 71.5 Å². The first-order chi connectivity index (χ1) is 9.69. The van der Waals surface area contributed by atoms with Crippen molar-refractivity contribution in [1.29, 1.82) is 0 Å². The number of aryl methyl sites for hydroxylation is 1. The van der Waals surface area contributed by atoms with Gasteiger partial charge in [0.05, 0.1) is 4.47 Å². The number of hydrogen-bond acceptors (Lipinski definition) is 2. The van der Waals surface area contributed by atoms with E-state index in [9.17, 15) is 0 Å². The van der Waals surface area contributed by atoms with Gasteiger partial charge in [-0.1, -0.05) is 37.3 Å². The average molecular weight is 334 g/mol. The smallest absolute Gasteiger partial charge is 0.134 e. The third-order valence-corrected chi connectivity index (χ3v) is 3.67. The summed E-state index contributed by atoms with van der Waals surface area (Å²) in [4.78, 5) is 0. The molecule has 0 heterocycles. The Morgan fingerprint density at radius 1 is 1.10 bits per heavy atom. The van der Waals surface area contributed by atoms with Gasteiger partial charge in [0, 0.05) is 6.54 Å². The molecular formula is C17H20BrNO. The van der Waals surface area contributed by atoms with Gasteiger partial charge in [-0.3, -0.25) is 0 Å². The normalized spacial score (nSPS) is 10.6. The van der Waals surface area contributed by atoms with Crippen LogP contribution in [0.2, 0.25) is 0 Å². The predicted molar refractivity (Wildman–Crippen MR) is 87.0 cm³/mol. The Morgan fingerprint density at radius 2 is 1.90 bits per heavy atom. The second-order valence-corrected chi connectivity index (χ2v) is 5.68. The molecule has 106 valence electrons. The number of halogens is 1. The van der Waals surface area contributed by atoms with Gasteiger partial charge in [0.2, 0.25) is 0 Å². The molecule has 0 fully saturated rings.